The van der Waals surface area contributed by atoms with E-state index in [9.17, 15) is 0 Å². The van der Waals surface area contributed by atoms with Crippen molar-refractivity contribution in [3.8, 4) is 0 Å². The summed E-state index contributed by atoms with van der Waals surface area (Å²) in [6, 6.07) is 0. The predicted molar refractivity (Wildman–Crippen MR) is 60.2 cm³/mol. The molecule has 0 aliphatic heterocycles. The third-order valence-electron chi connectivity index (χ3n) is 0.250. The molecule has 0 aromatic rings. The second-order valence-corrected chi connectivity index (χ2v) is 15.4. The van der Waals surface area contributed by atoms with Crippen LogP contribution in [0.1, 0.15) is 0 Å². The maximum Gasteiger partial charge on any atom is 2.00 e. The van der Waals surface area contributed by atoms with Gasteiger partial charge in [-0.2, -0.15) is 26.2 Å². The third kappa shape index (κ3) is 136. The summed E-state index contributed by atoms with van der Waals surface area (Å²) < 4.78 is 0. The monoisotopic (exact) mass is 468 g/mol. The van der Waals surface area contributed by atoms with Gasteiger partial charge in [0.2, 0.25) is 0 Å². The molecule has 0 aromatic heterocycles. The van der Waals surface area contributed by atoms with Gasteiger partial charge in [0, 0.05) is 0 Å². The Bertz CT molecular complexity index is 70.2. The molecule has 0 aromatic carbocycles. The van der Waals surface area contributed by atoms with Crippen molar-refractivity contribution in [3.63, 3.8) is 0 Å². The van der Waals surface area contributed by atoms with E-state index in [0.717, 1.165) is 0 Å². The fourth-order valence-electron chi connectivity index (χ4n) is 0. The Morgan fingerprint density at radius 3 is 0.714 bits per heavy atom. The average molecular weight is 471 g/mol. The Labute approximate surface area is 118 Å². The minimum Gasteiger partial charge on any atom is -0.679 e. The van der Waals surface area contributed by atoms with Crippen LogP contribution in [0, 0.1) is 0 Å². The molecule has 0 aliphatic carbocycles. The van der Waals surface area contributed by atoms with Crippen LogP contribution in [0.3, 0.4) is 0 Å². The van der Waals surface area contributed by atoms with Crippen molar-refractivity contribution < 1.29 is 31.9 Å². The zero-order valence-electron chi connectivity index (χ0n) is 6.97. The van der Waals surface area contributed by atoms with Crippen LogP contribution >= 0.6 is 38.1 Å². The first-order chi connectivity index (χ1) is 5.83. The van der Waals surface area contributed by atoms with Crippen LogP contribution < -0.4 is 0 Å². The molecule has 0 bridgehead atoms. The molecule has 4 N–H and O–H groups in total. The number of halogens is 4. The van der Waals surface area contributed by atoms with Crippen molar-refractivity contribution in [3.05, 3.63) is 22.9 Å². The fraction of sp³-hybridized carbons (Fsp3) is 1.00. The summed E-state index contributed by atoms with van der Waals surface area (Å²) in [5, 5.41) is 0. The first-order valence-electron chi connectivity index (χ1n) is 2.89. The molecule has 4 nitrogen and oxygen atoms in total. The van der Waals surface area contributed by atoms with E-state index in [1.54, 1.807) is 0 Å². The summed E-state index contributed by atoms with van der Waals surface area (Å²) in [6.07, 6.45) is 0. The summed E-state index contributed by atoms with van der Waals surface area (Å²) in [5.74, 6) is 0. The van der Waals surface area contributed by atoms with E-state index in [0.29, 0.717) is 0 Å². The zero-order valence-corrected chi connectivity index (χ0v) is 13.1. The van der Waals surface area contributed by atoms with Gasteiger partial charge in [-0.15, -0.1) is 0 Å². The Kier molecular flexibility index (Phi) is 37.3. The van der Waals surface area contributed by atoms with E-state index in [4.69, 9.17) is 61.1 Å². The molecule has 0 fully saturated rings. The van der Waals surface area contributed by atoms with E-state index >= 15 is 0 Å². The Hall–Kier alpha value is 2.32. The van der Waals surface area contributed by atoms with Crippen molar-refractivity contribution in [2.45, 2.75) is 0 Å². The largest absolute Gasteiger partial charge is 2.00 e. The summed E-state index contributed by atoms with van der Waals surface area (Å²) in [7, 11) is 19.9. The Morgan fingerprint density at radius 2 is 0.714 bits per heavy atom. The molecule has 0 radical (unpaired) electrons. The summed E-state index contributed by atoms with van der Waals surface area (Å²) in [5.41, 5.74) is 25.1. The van der Waals surface area contributed by atoms with E-state index < -0.39 is 11.5 Å². The molecular formula is C4H12Cl4N4Pd2-2. The molecule has 10 heteroatoms. The number of hydrogen-bond donors (Lipinski definition) is 0. The fourth-order valence-corrected chi connectivity index (χ4v) is 0. The van der Waals surface area contributed by atoms with Crippen molar-refractivity contribution in [1.82, 2.24) is 0 Å². The van der Waals surface area contributed by atoms with Gasteiger partial charge in [0.25, 0.3) is 0 Å². The zero-order chi connectivity index (χ0) is 11.3. The summed E-state index contributed by atoms with van der Waals surface area (Å²) >= 11 is -2.81. The van der Waals surface area contributed by atoms with E-state index in [1.807, 2.05) is 0 Å². The van der Waals surface area contributed by atoms with Gasteiger partial charge in [0.1, 0.15) is 0 Å². The van der Waals surface area contributed by atoms with Crippen LogP contribution in [0.15, 0.2) is 0 Å². The number of nitrogens with one attached hydrogen (secondary N) is 4. The molecule has 0 saturated heterocycles. The Balaban J connectivity index is -0.0000000522. The quantitative estimate of drug-likeness (QED) is 0.511. The smallest absolute Gasteiger partial charge is 0.679 e. The molecular weight excluding hydrogens is 459 g/mol. The second-order valence-electron chi connectivity index (χ2n) is 1.27. The minimum atomic E-state index is -2.81. The van der Waals surface area contributed by atoms with Crippen LogP contribution in [-0.2, 0) is 31.9 Å². The van der Waals surface area contributed by atoms with Gasteiger partial charge in [0.15, 0.2) is 0 Å². The van der Waals surface area contributed by atoms with Crippen LogP contribution in [0.5, 0.6) is 0 Å². The summed E-state index contributed by atoms with van der Waals surface area (Å²) in [4.78, 5) is 0. The molecule has 0 aliphatic rings. The SMILES string of the molecule is [Cl][Pd]([Cl])([Cl])[Cl].[NH-]CC[NH-].[NH-]CC[NH-].[Pd+2]. The molecule has 0 amide bonds. The molecule has 0 atom stereocenters. The molecule has 0 unspecified atom stereocenters. The van der Waals surface area contributed by atoms with Crippen molar-refractivity contribution >= 4 is 38.1 Å². The summed E-state index contributed by atoms with van der Waals surface area (Å²) in [6.45, 7) is 0.944. The van der Waals surface area contributed by atoms with Crippen LogP contribution in [-0.4, -0.2) is 26.2 Å². The van der Waals surface area contributed by atoms with Gasteiger partial charge in [-0.05, 0) is 0 Å². The van der Waals surface area contributed by atoms with Gasteiger partial charge >= 0.3 is 70.0 Å². The van der Waals surface area contributed by atoms with Crippen LogP contribution in [0.2, 0.25) is 0 Å². The molecule has 14 heavy (non-hydrogen) atoms. The molecule has 0 spiro atoms. The van der Waals surface area contributed by atoms with Crippen LogP contribution in [0.4, 0.5) is 0 Å². The topological polar surface area (TPSA) is 95.2 Å². The average Bonchev–Trinajstić information content (AvgIpc) is 2.01. The standard InChI is InChI=1S/2C2H6N2.4ClH.2Pd/c2*3-1-2-4;;;;;;/h2*3-4H,1-2H2;4*1H;;/q2*-2;;;;;+2;+4/p-4. The number of rotatable bonds is 2. The van der Waals surface area contributed by atoms with Crippen molar-refractivity contribution in [1.29, 1.82) is 0 Å². The Morgan fingerprint density at radius 1 is 0.643 bits per heavy atom. The normalized spacial score (nSPS) is 9.71. The maximum absolute atomic E-state index is 6.26. The van der Waals surface area contributed by atoms with Gasteiger partial charge in [-0.25, -0.2) is 0 Å². The maximum atomic E-state index is 6.26. The van der Waals surface area contributed by atoms with Gasteiger partial charge in [-0.3, -0.25) is 0 Å². The van der Waals surface area contributed by atoms with Crippen molar-refractivity contribution in [2.75, 3.05) is 26.2 Å². The number of hydrogen-bond acceptors (Lipinski definition) is 0. The van der Waals surface area contributed by atoms with Crippen molar-refractivity contribution in [2.24, 2.45) is 0 Å². The first kappa shape index (κ1) is 25.2. The van der Waals surface area contributed by atoms with E-state index in [2.05, 4.69) is 0 Å². The van der Waals surface area contributed by atoms with Crippen LogP contribution in [0.25, 0.3) is 22.9 Å². The van der Waals surface area contributed by atoms with E-state index in [-0.39, 0.29) is 46.6 Å². The predicted octanol–water partition coefficient (Wildman–Crippen LogP) is 4.93. The molecule has 98 valence electrons. The third-order valence-corrected chi connectivity index (χ3v) is 0.250. The minimum absolute atomic E-state index is 0. The molecule has 0 saturated carbocycles. The van der Waals surface area contributed by atoms with E-state index in [1.165, 1.54) is 0 Å². The second kappa shape index (κ2) is 20.7. The van der Waals surface area contributed by atoms with Gasteiger partial charge in [0.05, 0.1) is 0 Å². The van der Waals surface area contributed by atoms with Gasteiger partial charge < -0.3 is 22.9 Å². The first-order valence-corrected chi connectivity index (χ1v) is 10.9. The molecule has 0 rings (SSSR count). The van der Waals surface area contributed by atoms with Gasteiger partial charge in [-0.1, -0.05) is 0 Å². The molecule has 0 heterocycles.